The summed E-state index contributed by atoms with van der Waals surface area (Å²) in [7, 11) is 0. The van der Waals surface area contributed by atoms with E-state index in [0.717, 1.165) is 10.9 Å². The van der Waals surface area contributed by atoms with Crippen LogP contribution in [0.4, 0.5) is 0 Å². The van der Waals surface area contributed by atoms with Crippen LogP contribution in [0.1, 0.15) is 11.1 Å². The van der Waals surface area contributed by atoms with Gasteiger partial charge in [-0.25, -0.2) is 4.79 Å². The van der Waals surface area contributed by atoms with Gasteiger partial charge in [-0.15, -0.1) is 0 Å². The van der Waals surface area contributed by atoms with Crippen LogP contribution in [-0.2, 0) is 17.6 Å². The Bertz CT molecular complexity index is 832. The number of rotatable bonds is 4. The molecular formula is C18H14O3. The number of ketones is 1. The first-order valence-corrected chi connectivity index (χ1v) is 6.80. The van der Waals surface area contributed by atoms with Crippen LogP contribution in [0.2, 0.25) is 0 Å². The minimum Gasteiger partial charge on any atom is -0.423 e. The smallest absolute Gasteiger partial charge is 0.339 e. The maximum Gasteiger partial charge on any atom is 0.339 e. The number of fused-ring (bicyclic) bond motifs is 1. The monoisotopic (exact) mass is 278 g/mol. The highest BCUT2D eigenvalue weighted by Gasteiger charge is 2.10. The molecule has 3 heteroatoms. The molecule has 3 rings (SSSR count). The number of para-hydroxylation sites is 1. The number of benzene rings is 2. The van der Waals surface area contributed by atoms with Gasteiger partial charge >= 0.3 is 5.63 Å². The lowest BCUT2D eigenvalue weighted by atomic mass is 10.0. The summed E-state index contributed by atoms with van der Waals surface area (Å²) in [6.45, 7) is 0. The minimum atomic E-state index is -0.435. The van der Waals surface area contributed by atoms with E-state index < -0.39 is 5.63 Å². The molecule has 1 aromatic heterocycles. The summed E-state index contributed by atoms with van der Waals surface area (Å²) in [5.41, 5.74) is 1.47. The van der Waals surface area contributed by atoms with Gasteiger partial charge in [0.1, 0.15) is 11.4 Å². The summed E-state index contributed by atoms with van der Waals surface area (Å²) in [5, 5.41) is 0.833. The molecule has 0 bridgehead atoms. The quantitative estimate of drug-likeness (QED) is 0.689. The first kappa shape index (κ1) is 13.3. The fourth-order valence-electron chi connectivity index (χ4n) is 2.33. The van der Waals surface area contributed by atoms with Crippen LogP contribution in [0, 0.1) is 0 Å². The van der Waals surface area contributed by atoms with Gasteiger partial charge in [0.2, 0.25) is 0 Å². The van der Waals surface area contributed by atoms with Gasteiger partial charge in [-0.05, 0) is 17.7 Å². The Morgan fingerprint density at radius 3 is 2.43 bits per heavy atom. The molecule has 104 valence electrons. The molecule has 0 aliphatic heterocycles. The van der Waals surface area contributed by atoms with Crippen molar-refractivity contribution in [3.8, 4) is 0 Å². The van der Waals surface area contributed by atoms with Crippen LogP contribution >= 0.6 is 0 Å². The zero-order valence-corrected chi connectivity index (χ0v) is 11.4. The molecule has 0 spiro atoms. The lowest BCUT2D eigenvalue weighted by Gasteiger charge is -2.02. The zero-order valence-electron chi connectivity index (χ0n) is 11.4. The van der Waals surface area contributed by atoms with E-state index in [2.05, 4.69) is 0 Å². The Labute approximate surface area is 121 Å². The van der Waals surface area contributed by atoms with E-state index in [1.165, 1.54) is 0 Å². The molecule has 1 heterocycles. The van der Waals surface area contributed by atoms with Gasteiger partial charge in [-0.1, -0.05) is 48.5 Å². The predicted octanol–water partition coefficient (Wildman–Crippen LogP) is 3.15. The predicted molar refractivity (Wildman–Crippen MR) is 81.3 cm³/mol. The molecular weight excluding hydrogens is 264 g/mol. The molecule has 0 unspecified atom stereocenters. The second-order valence-electron chi connectivity index (χ2n) is 4.97. The number of hydrogen-bond donors (Lipinski definition) is 0. The summed E-state index contributed by atoms with van der Waals surface area (Å²) in [6.07, 6.45) is 0.426. The highest BCUT2D eigenvalue weighted by atomic mass is 16.4. The van der Waals surface area contributed by atoms with E-state index in [1.807, 2.05) is 48.5 Å². The standard InChI is InChI=1S/C18H14O3/c19-16(10-13-6-2-1-3-7-13)12-15-11-14-8-4-5-9-17(14)21-18(15)20/h1-9,11H,10,12H2. The molecule has 2 aromatic carbocycles. The second kappa shape index (κ2) is 5.75. The van der Waals surface area contributed by atoms with Crippen LogP contribution in [0.15, 0.2) is 69.9 Å². The number of carbonyl (C=O) groups excluding carboxylic acids is 1. The van der Waals surface area contributed by atoms with Crippen LogP contribution < -0.4 is 5.63 Å². The van der Waals surface area contributed by atoms with E-state index in [-0.39, 0.29) is 12.2 Å². The van der Waals surface area contributed by atoms with Crippen LogP contribution in [-0.4, -0.2) is 5.78 Å². The average molecular weight is 278 g/mol. The van der Waals surface area contributed by atoms with Crippen LogP contribution in [0.5, 0.6) is 0 Å². The Kier molecular flexibility index (Phi) is 3.65. The number of hydrogen-bond acceptors (Lipinski definition) is 3. The Hall–Kier alpha value is -2.68. The van der Waals surface area contributed by atoms with Crippen molar-refractivity contribution in [3.05, 3.63) is 82.2 Å². The molecule has 3 aromatic rings. The third-order valence-corrected chi connectivity index (χ3v) is 3.35. The van der Waals surface area contributed by atoms with E-state index in [1.54, 1.807) is 12.1 Å². The van der Waals surface area contributed by atoms with Crippen molar-refractivity contribution in [1.82, 2.24) is 0 Å². The first-order chi connectivity index (χ1) is 10.2. The van der Waals surface area contributed by atoms with Crippen molar-refractivity contribution < 1.29 is 9.21 Å². The van der Waals surface area contributed by atoms with Gasteiger partial charge in [0.05, 0.1) is 0 Å². The van der Waals surface area contributed by atoms with Gasteiger partial charge in [0.15, 0.2) is 0 Å². The molecule has 0 N–H and O–H groups in total. The van der Waals surface area contributed by atoms with E-state index >= 15 is 0 Å². The SMILES string of the molecule is O=C(Cc1ccccc1)Cc1cc2ccccc2oc1=O. The molecule has 3 nitrogen and oxygen atoms in total. The summed E-state index contributed by atoms with van der Waals surface area (Å²) >= 11 is 0. The average Bonchev–Trinajstić information content (AvgIpc) is 2.49. The van der Waals surface area contributed by atoms with Crippen molar-refractivity contribution in [2.45, 2.75) is 12.8 Å². The maximum atomic E-state index is 12.1. The maximum absolute atomic E-state index is 12.1. The molecule has 0 aliphatic rings. The van der Waals surface area contributed by atoms with Crippen molar-refractivity contribution >= 4 is 16.8 Å². The zero-order chi connectivity index (χ0) is 14.7. The van der Waals surface area contributed by atoms with Crippen molar-refractivity contribution in [3.63, 3.8) is 0 Å². The van der Waals surface area contributed by atoms with Crippen molar-refractivity contribution in [2.75, 3.05) is 0 Å². The summed E-state index contributed by atoms with van der Waals surface area (Å²) in [5.74, 6) is 0.00350. The molecule has 0 saturated carbocycles. The largest absolute Gasteiger partial charge is 0.423 e. The van der Waals surface area contributed by atoms with Crippen molar-refractivity contribution in [1.29, 1.82) is 0 Å². The number of carbonyl (C=O) groups is 1. The van der Waals surface area contributed by atoms with Gasteiger partial charge in [0, 0.05) is 23.8 Å². The Balaban J connectivity index is 1.83. The molecule has 0 amide bonds. The first-order valence-electron chi connectivity index (χ1n) is 6.80. The highest BCUT2D eigenvalue weighted by molar-refractivity contribution is 5.84. The Morgan fingerprint density at radius 1 is 0.905 bits per heavy atom. The van der Waals surface area contributed by atoms with Gasteiger partial charge in [0.25, 0.3) is 0 Å². The van der Waals surface area contributed by atoms with E-state index in [9.17, 15) is 9.59 Å². The highest BCUT2D eigenvalue weighted by Crippen LogP contribution is 2.13. The van der Waals surface area contributed by atoms with E-state index in [0.29, 0.717) is 17.6 Å². The summed E-state index contributed by atoms with van der Waals surface area (Å²) in [4.78, 5) is 24.0. The summed E-state index contributed by atoms with van der Waals surface area (Å²) in [6, 6.07) is 18.5. The van der Waals surface area contributed by atoms with Gasteiger partial charge < -0.3 is 4.42 Å². The second-order valence-corrected chi connectivity index (χ2v) is 4.97. The summed E-state index contributed by atoms with van der Waals surface area (Å²) < 4.78 is 5.24. The molecule has 0 aliphatic carbocycles. The molecule has 0 fully saturated rings. The van der Waals surface area contributed by atoms with Crippen molar-refractivity contribution in [2.24, 2.45) is 0 Å². The third-order valence-electron chi connectivity index (χ3n) is 3.35. The molecule has 21 heavy (non-hydrogen) atoms. The minimum absolute atomic E-state index is 0.00350. The lowest BCUT2D eigenvalue weighted by Crippen LogP contribution is -2.14. The third kappa shape index (κ3) is 3.08. The van der Waals surface area contributed by atoms with E-state index in [4.69, 9.17) is 4.42 Å². The normalized spacial score (nSPS) is 10.7. The van der Waals surface area contributed by atoms with Crippen LogP contribution in [0.25, 0.3) is 11.0 Å². The lowest BCUT2D eigenvalue weighted by molar-refractivity contribution is -0.117. The number of Topliss-reactive ketones (excluding diaryl/α,β-unsaturated/α-hetero) is 1. The van der Waals surface area contributed by atoms with Crippen LogP contribution in [0.3, 0.4) is 0 Å². The molecule has 0 saturated heterocycles. The molecule has 0 radical (unpaired) electrons. The topological polar surface area (TPSA) is 47.3 Å². The van der Waals surface area contributed by atoms with Gasteiger partial charge in [-0.2, -0.15) is 0 Å². The Morgan fingerprint density at radius 2 is 1.62 bits per heavy atom. The fourth-order valence-corrected chi connectivity index (χ4v) is 2.33. The fraction of sp³-hybridized carbons (Fsp3) is 0.111. The molecule has 0 atom stereocenters. The van der Waals surface area contributed by atoms with Gasteiger partial charge in [-0.3, -0.25) is 4.79 Å².